The fraction of sp³-hybridized carbons (Fsp3) is 0.364. The van der Waals surface area contributed by atoms with E-state index in [1.165, 1.54) is 29.6 Å². The van der Waals surface area contributed by atoms with Gasteiger partial charge in [-0.2, -0.15) is 0 Å². The second-order valence-corrected chi connectivity index (χ2v) is 9.60. The van der Waals surface area contributed by atoms with Crippen LogP contribution in [0.25, 0.3) is 11.3 Å². The lowest BCUT2D eigenvalue weighted by Gasteiger charge is -2.12. The van der Waals surface area contributed by atoms with Crippen molar-refractivity contribution in [3.8, 4) is 11.3 Å². The number of anilines is 1. The monoisotopic (exact) mass is 442 g/mol. The summed E-state index contributed by atoms with van der Waals surface area (Å²) in [6, 6.07) is 7.85. The predicted octanol–water partition coefficient (Wildman–Crippen LogP) is 5.22. The largest absolute Gasteiger partial charge is 0.350 e. The minimum Gasteiger partial charge on any atom is -0.350 e. The normalized spacial score (nSPS) is 12.1. The van der Waals surface area contributed by atoms with E-state index in [9.17, 15) is 9.59 Å². The Morgan fingerprint density at radius 1 is 1.10 bits per heavy atom. The Balaban J connectivity index is 1.68. The molecule has 0 aliphatic rings. The van der Waals surface area contributed by atoms with Crippen LogP contribution in [-0.4, -0.2) is 21.8 Å². The van der Waals surface area contributed by atoms with E-state index in [-0.39, 0.29) is 17.9 Å². The van der Waals surface area contributed by atoms with E-state index in [0.717, 1.165) is 33.9 Å². The van der Waals surface area contributed by atoms with Gasteiger partial charge in [-0.05, 0) is 25.3 Å². The number of carbonyl (C=O) groups excluding carboxylic acids is 2. The van der Waals surface area contributed by atoms with Crippen molar-refractivity contribution in [3.63, 3.8) is 0 Å². The Kier molecular flexibility index (Phi) is 6.99. The van der Waals surface area contributed by atoms with Crippen molar-refractivity contribution in [2.75, 3.05) is 5.32 Å². The SMILES string of the molecule is CC(=O)NC(C)c1ccc(-c2csc(NC(=O)c3sc(CC(C)C)nc3C)n2)cc1. The van der Waals surface area contributed by atoms with Crippen molar-refractivity contribution in [3.05, 3.63) is 50.8 Å². The van der Waals surface area contributed by atoms with Crippen molar-refractivity contribution in [2.45, 2.75) is 47.1 Å². The summed E-state index contributed by atoms with van der Waals surface area (Å²) in [4.78, 5) is 33.6. The van der Waals surface area contributed by atoms with E-state index in [4.69, 9.17) is 0 Å². The summed E-state index contributed by atoms with van der Waals surface area (Å²) in [5.74, 6) is 0.278. The molecule has 2 aromatic heterocycles. The van der Waals surface area contributed by atoms with Gasteiger partial charge >= 0.3 is 0 Å². The first-order chi connectivity index (χ1) is 14.2. The second-order valence-electron chi connectivity index (χ2n) is 7.66. The Hall–Kier alpha value is -2.58. The van der Waals surface area contributed by atoms with Gasteiger partial charge in [-0.15, -0.1) is 22.7 Å². The zero-order valence-corrected chi connectivity index (χ0v) is 19.4. The van der Waals surface area contributed by atoms with Gasteiger partial charge in [0.1, 0.15) is 4.88 Å². The number of rotatable bonds is 7. The lowest BCUT2D eigenvalue weighted by atomic mass is 10.1. The smallest absolute Gasteiger partial charge is 0.269 e. The lowest BCUT2D eigenvalue weighted by Crippen LogP contribution is -2.23. The number of benzene rings is 1. The molecule has 1 atom stereocenters. The average molecular weight is 443 g/mol. The maximum atomic E-state index is 12.7. The van der Waals surface area contributed by atoms with Crippen LogP contribution in [0.15, 0.2) is 29.6 Å². The van der Waals surface area contributed by atoms with Crippen molar-refractivity contribution < 1.29 is 9.59 Å². The van der Waals surface area contributed by atoms with Crippen LogP contribution in [0.1, 0.15) is 59.7 Å². The van der Waals surface area contributed by atoms with E-state index in [1.54, 1.807) is 0 Å². The number of nitrogens with one attached hydrogen (secondary N) is 2. The van der Waals surface area contributed by atoms with Gasteiger partial charge in [-0.25, -0.2) is 9.97 Å². The third kappa shape index (κ3) is 5.52. The van der Waals surface area contributed by atoms with E-state index in [2.05, 4.69) is 34.4 Å². The van der Waals surface area contributed by atoms with Gasteiger partial charge < -0.3 is 5.32 Å². The molecule has 1 aromatic carbocycles. The van der Waals surface area contributed by atoms with Crippen LogP contribution >= 0.6 is 22.7 Å². The van der Waals surface area contributed by atoms with Gasteiger partial charge in [0.05, 0.1) is 22.4 Å². The number of aryl methyl sites for hydroxylation is 1. The number of amides is 2. The summed E-state index contributed by atoms with van der Waals surface area (Å²) in [6.07, 6.45) is 0.872. The van der Waals surface area contributed by atoms with Gasteiger partial charge in [0.2, 0.25) is 5.91 Å². The van der Waals surface area contributed by atoms with E-state index in [1.807, 2.05) is 43.5 Å². The summed E-state index contributed by atoms with van der Waals surface area (Å²) >= 11 is 2.84. The third-order valence-electron chi connectivity index (χ3n) is 4.48. The molecule has 2 amide bonds. The van der Waals surface area contributed by atoms with Crippen molar-refractivity contribution >= 4 is 39.6 Å². The Morgan fingerprint density at radius 3 is 2.43 bits per heavy atom. The van der Waals surface area contributed by atoms with Crippen LogP contribution in [-0.2, 0) is 11.2 Å². The van der Waals surface area contributed by atoms with Gasteiger partial charge in [-0.3, -0.25) is 14.9 Å². The van der Waals surface area contributed by atoms with Gasteiger partial charge in [0.15, 0.2) is 5.13 Å². The minimum atomic E-state index is -0.166. The fourth-order valence-corrected chi connectivity index (χ4v) is 4.93. The number of carbonyl (C=O) groups is 2. The minimum absolute atomic E-state index is 0.0509. The number of nitrogens with zero attached hydrogens (tertiary/aromatic N) is 2. The number of hydrogen-bond acceptors (Lipinski definition) is 6. The van der Waals surface area contributed by atoms with E-state index >= 15 is 0 Å². The topological polar surface area (TPSA) is 84.0 Å². The molecule has 3 aromatic rings. The molecule has 3 rings (SSSR count). The van der Waals surface area contributed by atoms with Crippen LogP contribution in [0.3, 0.4) is 0 Å². The molecule has 2 N–H and O–H groups in total. The average Bonchev–Trinajstić information content (AvgIpc) is 3.27. The molecule has 0 aliphatic heterocycles. The second kappa shape index (κ2) is 9.49. The number of thiazole rings is 2. The van der Waals surface area contributed by atoms with Crippen LogP contribution in [0.4, 0.5) is 5.13 Å². The molecule has 8 heteroatoms. The number of hydrogen-bond donors (Lipinski definition) is 2. The van der Waals surface area contributed by atoms with Gasteiger partial charge in [0.25, 0.3) is 5.91 Å². The molecule has 0 aliphatic carbocycles. The van der Waals surface area contributed by atoms with Crippen molar-refractivity contribution in [1.29, 1.82) is 0 Å². The predicted molar refractivity (Wildman–Crippen MR) is 123 cm³/mol. The van der Waals surface area contributed by atoms with Gasteiger partial charge in [-0.1, -0.05) is 38.1 Å². The van der Waals surface area contributed by atoms with Crippen molar-refractivity contribution in [1.82, 2.24) is 15.3 Å². The highest BCUT2D eigenvalue weighted by Gasteiger charge is 2.17. The first kappa shape index (κ1) is 22.1. The maximum Gasteiger partial charge on any atom is 0.269 e. The summed E-state index contributed by atoms with van der Waals surface area (Å²) < 4.78 is 0. The van der Waals surface area contributed by atoms with Crippen LogP contribution in [0.5, 0.6) is 0 Å². The van der Waals surface area contributed by atoms with Crippen LogP contribution < -0.4 is 10.6 Å². The molecular weight excluding hydrogens is 416 g/mol. The molecule has 2 heterocycles. The highest BCUT2D eigenvalue weighted by Crippen LogP contribution is 2.28. The molecule has 0 radical (unpaired) electrons. The van der Waals surface area contributed by atoms with Gasteiger partial charge in [0, 0.05) is 24.3 Å². The molecule has 6 nitrogen and oxygen atoms in total. The molecule has 158 valence electrons. The molecular formula is C22H26N4O2S2. The first-order valence-corrected chi connectivity index (χ1v) is 11.5. The molecule has 0 saturated heterocycles. The Morgan fingerprint density at radius 2 is 1.80 bits per heavy atom. The standard InChI is InChI=1S/C22H26N4O2S2/c1-12(2)10-19-24-14(4)20(30-19)21(28)26-22-25-18(11-29-22)17-8-6-16(7-9-17)13(3)23-15(5)27/h6-9,11-13H,10H2,1-5H3,(H,23,27)(H,25,26,28). The van der Waals surface area contributed by atoms with Crippen LogP contribution in [0.2, 0.25) is 0 Å². The molecule has 0 spiro atoms. The summed E-state index contributed by atoms with van der Waals surface area (Å²) in [6.45, 7) is 9.60. The molecule has 0 bridgehead atoms. The molecule has 0 saturated carbocycles. The highest BCUT2D eigenvalue weighted by molar-refractivity contribution is 7.15. The quantitative estimate of drug-likeness (QED) is 0.525. The third-order valence-corrected chi connectivity index (χ3v) is 6.42. The Labute approximate surface area is 184 Å². The van der Waals surface area contributed by atoms with E-state index in [0.29, 0.717) is 15.9 Å². The van der Waals surface area contributed by atoms with Crippen molar-refractivity contribution in [2.24, 2.45) is 5.92 Å². The molecule has 30 heavy (non-hydrogen) atoms. The zero-order chi connectivity index (χ0) is 21.8. The zero-order valence-electron chi connectivity index (χ0n) is 17.8. The first-order valence-electron chi connectivity index (χ1n) is 9.83. The summed E-state index contributed by atoms with van der Waals surface area (Å²) in [5, 5.41) is 9.24. The molecule has 0 fully saturated rings. The maximum absolute atomic E-state index is 12.7. The summed E-state index contributed by atoms with van der Waals surface area (Å²) in [5.41, 5.74) is 3.54. The fourth-order valence-electron chi connectivity index (χ4n) is 3.05. The Bertz CT molecular complexity index is 1040. The number of aromatic nitrogens is 2. The van der Waals surface area contributed by atoms with Crippen LogP contribution in [0, 0.1) is 12.8 Å². The highest BCUT2D eigenvalue weighted by atomic mass is 32.1. The lowest BCUT2D eigenvalue weighted by molar-refractivity contribution is -0.119. The summed E-state index contributed by atoms with van der Waals surface area (Å²) in [7, 11) is 0. The molecule has 1 unspecified atom stereocenters. The van der Waals surface area contributed by atoms with E-state index < -0.39 is 0 Å².